The molecule has 0 aromatic carbocycles. The zero-order chi connectivity index (χ0) is 12.7. The minimum atomic E-state index is 0.507. The number of hydrogen-bond acceptors (Lipinski definition) is 2. The predicted octanol–water partition coefficient (Wildman–Crippen LogP) is 3.47. The van der Waals surface area contributed by atoms with E-state index in [1.807, 2.05) is 6.92 Å². The summed E-state index contributed by atoms with van der Waals surface area (Å²) in [5.41, 5.74) is 0.507. The first kappa shape index (κ1) is 15.0. The van der Waals surface area contributed by atoms with E-state index in [0.29, 0.717) is 5.41 Å². The molecule has 102 valence electrons. The summed E-state index contributed by atoms with van der Waals surface area (Å²) in [5, 5.41) is 3.52. The van der Waals surface area contributed by atoms with Crippen molar-refractivity contribution in [3.63, 3.8) is 0 Å². The minimum absolute atomic E-state index is 0.507. The van der Waals surface area contributed by atoms with E-state index >= 15 is 0 Å². The van der Waals surface area contributed by atoms with Gasteiger partial charge in [-0.3, -0.25) is 0 Å². The van der Waals surface area contributed by atoms with Gasteiger partial charge in [-0.05, 0) is 56.4 Å². The molecular formula is C15H31NO. The highest BCUT2D eigenvalue weighted by Gasteiger charge is 2.29. The fraction of sp³-hybridized carbons (Fsp3) is 1.00. The summed E-state index contributed by atoms with van der Waals surface area (Å²) < 4.78 is 5.32. The lowest BCUT2D eigenvalue weighted by atomic mass is 9.70. The molecule has 1 aliphatic carbocycles. The van der Waals surface area contributed by atoms with Crippen LogP contribution < -0.4 is 5.32 Å². The third-order valence-electron chi connectivity index (χ3n) is 4.13. The van der Waals surface area contributed by atoms with Gasteiger partial charge in [0, 0.05) is 13.2 Å². The van der Waals surface area contributed by atoms with Crippen molar-refractivity contribution < 1.29 is 4.74 Å². The van der Waals surface area contributed by atoms with Crippen LogP contribution in [0.4, 0.5) is 0 Å². The van der Waals surface area contributed by atoms with Crippen molar-refractivity contribution in [1.29, 1.82) is 0 Å². The molecule has 1 fully saturated rings. The van der Waals surface area contributed by atoms with Crippen LogP contribution in [-0.4, -0.2) is 26.3 Å². The number of nitrogens with one attached hydrogen (secondary N) is 1. The second kappa shape index (κ2) is 7.38. The molecule has 0 radical (unpaired) electrons. The van der Waals surface area contributed by atoms with Gasteiger partial charge in [0.1, 0.15) is 0 Å². The van der Waals surface area contributed by atoms with E-state index in [-0.39, 0.29) is 0 Å². The van der Waals surface area contributed by atoms with Gasteiger partial charge in [-0.1, -0.05) is 20.8 Å². The zero-order valence-electron chi connectivity index (χ0n) is 12.2. The molecule has 0 unspecified atom stereocenters. The summed E-state index contributed by atoms with van der Waals surface area (Å²) in [5.74, 6) is 1.83. The average Bonchev–Trinajstić information content (AvgIpc) is 2.28. The first-order valence-electron chi connectivity index (χ1n) is 7.32. The van der Waals surface area contributed by atoms with Gasteiger partial charge in [-0.2, -0.15) is 0 Å². The lowest BCUT2D eigenvalue weighted by molar-refractivity contribution is 0.137. The van der Waals surface area contributed by atoms with E-state index in [1.54, 1.807) is 0 Å². The highest BCUT2D eigenvalue weighted by atomic mass is 16.5. The van der Waals surface area contributed by atoms with Gasteiger partial charge in [0.05, 0.1) is 6.61 Å². The van der Waals surface area contributed by atoms with Crippen molar-refractivity contribution in [3.05, 3.63) is 0 Å². The molecule has 0 atom stereocenters. The Hall–Kier alpha value is -0.0800. The first-order valence-corrected chi connectivity index (χ1v) is 7.32. The normalized spacial score (nSPS) is 26.1. The second-order valence-corrected chi connectivity index (χ2v) is 6.48. The Morgan fingerprint density at radius 2 is 1.76 bits per heavy atom. The molecule has 1 saturated carbocycles. The Kier molecular flexibility index (Phi) is 6.50. The molecule has 1 N–H and O–H groups in total. The lowest BCUT2D eigenvalue weighted by Gasteiger charge is -2.37. The third-order valence-corrected chi connectivity index (χ3v) is 4.13. The average molecular weight is 241 g/mol. The molecule has 1 rings (SSSR count). The third kappa shape index (κ3) is 5.87. The van der Waals surface area contributed by atoms with Crippen LogP contribution >= 0.6 is 0 Å². The van der Waals surface area contributed by atoms with Gasteiger partial charge in [-0.15, -0.1) is 0 Å². The van der Waals surface area contributed by atoms with Crippen molar-refractivity contribution in [1.82, 2.24) is 5.32 Å². The van der Waals surface area contributed by atoms with Crippen molar-refractivity contribution in [2.45, 2.75) is 53.4 Å². The van der Waals surface area contributed by atoms with Crippen LogP contribution in [0.2, 0.25) is 0 Å². The highest BCUT2D eigenvalue weighted by molar-refractivity contribution is 4.81. The van der Waals surface area contributed by atoms with Crippen molar-refractivity contribution in [3.8, 4) is 0 Å². The molecule has 1 aliphatic rings. The topological polar surface area (TPSA) is 21.3 Å². The molecule has 0 saturated heterocycles. The molecule has 0 bridgehead atoms. The Labute approximate surface area is 108 Å². The van der Waals surface area contributed by atoms with E-state index < -0.39 is 0 Å². The van der Waals surface area contributed by atoms with Gasteiger partial charge in [0.25, 0.3) is 0 Å². The SMILES string of the molecule is CCOCCNCC1CCC(C(C)(C)C)CC1. The molecule has 0 heterocycles. The second-order valence-electron chi connectivity index (χ2n) is 6.48. The van der Waals surface area contributed by atoms with Gasteiger partial charge >= 0.3 is 0 Å². The highest BCUT2D eigenvalue weighted by Crippen LogP contribution is 2.39. The Balaban J connectivity index is 2.07. The summed E-state index contributed by atoms with van der Waals surface area (Å²) in [6.07, 6.45) is 5.65. The van der Waals surface area contributed by atoms with Gasteiger partial charge in [-0.25, -0.2) is 0 Å². The predicted molar refractivity (Wildman–Crippen MR) is 74.3 cm³/mol. The zero-order valence-corrected chi connectivity index (χ0v) is 12.2. The first-order chi connectivity index (χ1) is 8.04. The van der Waals surface area contributed by atoms with E-state index in [9.17, 15) is 0 Å². The molecule has 0 aromatic heterocycles. The van der Waals surface area contributed by atoms with Crippen molar-refractivity contribution >= 4 is 0 Å². The summed E-state index contributed by atoms with van der Waals surface area (Å²) in [6.45, 7) is 13.1. The van der Waals surface area contributed by atoms with Crippen molar-refractivity contribution in [2.24, 2.45) is 17.3 Å². The van der Waals surface area contributed by atoms with Crippen LogP contribution in [0.1, 0.15) is 53.4 Å². The Bertz CT molecular complexity index is 190. The van der Waals surface area contributed by atoms with E-state index in [1.165, 1.54) is 32.2 Å². The fourth-order valence-electron chi connectivity index (χ4n) is 2.83. The van der Waals surface area contributed by atoms with Crippen LogP contribution in [0.3, 0.4) is 0 Å². The molecule has 0 aliphatic heterocycles. The van der Waals surface area contributed by atoms with Crippen LogP contribution in [0.5, 0.6) is 0 Å². The standard InChI is InChI=1S/C15H31NO/c1-5-17-11-10-16-12-13-6-8-14(9-7-13)15(2,3)4/h13-14,16H,5-12H2,1-4H3. The van der Waals surface area contributed by atoms with Crippen LogP contribution in [0.15, 0.2) is 0 Å². The number of rotatable bonds is 6. The molecule has 2 nitrogen and oxygen atoms in total. The quantitative estimate of drug-likeness (QED) is 0.719. The minimum Gasteiger partial charge on any atom is -0.380 e. The number of ether oxygens (including phenoxy) is 1. The summed E-state index contributed by atoms with van der Waals surface area (Å²) in [4.78, 5) is 0. The van der Waals surface area contributed by atoms with Gasteiger partial charge in [0.15, 0.2) is 0 Å². The van der Waals surface area contributed by atoms with E-state index in [4.69, 9.17) is 4.74 Å². The molecule has 2 heteroatoms. The molecular weight excluding hydrogens is 210 g/mol. The number of hydrogen-bond donors (Lipinski definition) is 1. The Morgan fingerprint density at radius 1 is 1.12 bits per heavy atom. The fourth-order valence-corrected chi connectivity index (χ4v) is 2.83. The van der Waals surface area contributed by atoms with Gasteiger partial charge < -0.3 is 10.1 Å². The molecule has 0 spiro atoms. The smallest absolute Gasteiger partial charge is 0.0590 e. The maximum Gasteiger partial charge on any atom is 0.0590 e. The summed E-state index contributed by atoms with van der Waals surface area (Å²) >= 11 is 0. The molecule has 0 amide bonds. The molecule has 0 aromatic rings. The Morgan fingerprint density at radius 3 is 2.29 bits per heavy atom. The van der Waals surface area contributed by atoms with Crippen LogP contribution in [0.25, 0.3) is 0 Å². The van der Waals surface area contributed by atoms with Crippen molar-refractivity contribution in [2.75, 3.05) is 26.3 Å². The van der Waals surface area contributed by atoms with E-state index in [2.05, 4.69) is 26.1 Å². The van der Waals surface area contributed by atoms with Crippen LogP contribution in [-0.2, 0) is 4.74 Å². The monoisotopic (exact) mass is 241 g/mol. The largest absolute Gasteiger partial charge is 0.380 e. The maximum atomic E-state index is 5.32. The van der Waals surface area contributed by atoms with Crippen LogP contribution in [0, 0.1) is 17.3 Å². The molecule has 17 heavy (non-hydrogen) atoms. The van der Waals surface area contributed by atoms with Gasteiger partial charge in [0.2, 0.25) is 0 Å². The summed E-state index contributed by atoms with van der Waals surface area (Å²) in [7, 11) is 0. The maximum absolute atomic E-state index is 5.32. The summed E-state index contributed by atoms with van der Waals surface area (Å²) in [6, 6.07) is 0. The van der Waals surface area contributed by atoms with E-state index in [0.717, 1.165) is 31.6 Å². The lowest BCUT2D eigenvalue weighted by Crippen LogP contribution is -2.31.